The van der Waals surface area contributed by atoms with Crippen LogP contribution in [0.2, 0.25) is 5.02 Å². The number of hydrogen-bond donors (Lipinski definition) is 2. The van der Waals surface area contributed by atoms with E-state index in [2.05, 4.69) is 10.6 Å². The third-order valence-corrected chi connectivity index (χ3v) is 3.94. The lowest BCUT2D eigenvalue weighted by Crippen LogP contribution is -2.34. The summed E-state index contributed by atoms with van der Waals surface area (Å²) in [6, 6.07) is 19.2. The van der Waals surface area contributed by atoms with Crippen LogP contribution in [0.3, 0.4) is 0 Å². The van der Waals surface area contributed by atoms with Crippen LogP contribution in [0.5, 0.6) is 0 Å². The molecule has 0 saturated carbocycles. The Labute approximate surface area is 161 Å². The molecule has 6 heteroatoms. The molecule has 1 aromatic heterocycles. The first-order valence-electron chi connectivity index (χ1n) is 8.26. The van der Waals surface area contributed by atoms with Gasteiger partial charge in [-0.2, -0.15) is 0 Å². The number of carbonyl (C=O) groups excluding carboxylic acids is 2. The van der Waals surface area contributed by atoms with Crippen LogP contribution in [-0.4, -0.2) is 11.8 Å². The van der Waals surface area contributed by atoms with Crippen LogP contribution in [0.4, 0.5) is 0 Å². The molecule has 0 spiro atoms. The zero-order chi connectivity index (χ0) is 19.1. The van der Waals surface area contributed by atoms with Gasteiger partial charge in [-0.3, -0.25) is 9.59 Å². The molecule has 27 heavy (non-hydrogen) atoms. The van der Waals surface area contributed by atoms with Crippen molar-refractivity contribution in [3.63, 3.8) is 0 Å². The van der Waals surface area contributed by atoms with Gasteiger partial charge in [0.05, 0.1) is 6.26 Å². The molecule has 0 aliphatic heterocycles. The summed E-state index contributed by atoms with van der Waals surface area (Å²) in [6.45, 7) is 0.274. The Balaban J connectivity index is 1.75. The van der Waals surface area contributed by atoms with E-state index in [1.165, 1.54) is 12.3 Å². The summed E-state index contributed by atoms with van der Waals surface area (Å²) in [5.41, 5.74) is 1.38. The van der Waals surface area contributed by atoms with Crippen molar-refractivity contribution in [1.29, 1.82) is 0 Å². The van der Waals surface area contributed by atoms with E-state index < -0.39 is 5.91 Å². The predicted octanol–water partition coefficient (Wildman–Crippen LogP) is 4.02. The largest absolute Gasteiger partial charge is 0.465 e. The summed E-state index contributed by atoms with van der Waals surface area (Å²) in [4.78, 5) is 25.1. The van der Waals surface area contributed by atoms with E-state index in [0.717, 1.165) is 5.56 Å². The molecule has 0 radical (unpaired) electrons. The molecular formula is C21H17ClN2O3. The van der Waals surface area contributed by atoms with Crippen LogP contribution in [0.25, 0.3) is 6.08 Å². The Hall–Kier alpha value is -3.31. The van der Waals surface area contributed by atoms with E-state index in [0.29, 0.717) is 16.3 Å². The Morgan fingerprint density at radius 1 is 1.00 bits per heavy atom. The van der Waals surface area contributed by atoms with Gasteiger partial charge in [0.15, 0.2) is 0 Å². The zero-order valence-corrected chi connectivity index (χ0v) is 15.1. The predicted molar refractivity (Wildman–Crippen MR) is 104 cm³/mol. The van der Waals surface area contributed by atoms with Crippen molar-refractivity contribution in [2.24, 2.45) is 0 Å². The summed E-state index contributed by atoms with van der Waals surface area (Å²) in [5.74, 6) is -0.363. The molecular weight excluding hydrogens is 364 g/mol. The fourth-order valence-electron chi connectivity index (χ4n) is 2.38. The average molecular weight is 381 g/mol. The topological polar surface area (TPSA) is 71.3 Å². The van der Waals surface area contributed by atoms with E-state index >= 15 is 0 Å². The second-order valence-corrected chi connectivity index (χ2v) is 6.14. The third kappa shape index (κ3) is 5.33. The molecule has 5 nitrogen and oxygen atoms in total. The van der Waals surface area contributed by atoms with Crippen LogP contribution in [0, 0.1) is 0 Å². The quantitative estimate of drug-likeness (QED) is 0.634. The van der Waals surface area contributed by atoms with Gasteiger partial charge in [0.25, 0.3) is 11.8 Å². The molecule has 3 rings (SSSR count). The molecule has 2 aromatic carbocycles. The van der Waals surface area contributed by atoms with Crippen LogP contribution < -0.4 is 10.6 Å². The maximum absolute atomic E-state index is 12.6. The van der Waals surface area contributed by atoms with Crippen molar-refractivity contribution in [3.05, 3.63) is 101 Å². The summed E-state index contributed by atoms with van der Waals surface area (Å²) in [5, 5.41) is 6.00. The van der Waals surface area contributed by atoms with E-state index in [9.17, 15) is 9.59 Å². The third-order valence-electron chi connectivity index (χ3n) is 3.70. The highest BCUT2D eigenvalue weighted by Gasteiger charge is 2.15. The summed E-state index contributed by atoms with van der Waals surface area (Å²) in [6.07, 6.45) is 2.97. The first-order chi connectivity index (χ1) is 13.1. The number of nitrogens with one attached hydrogen (secondary N) is 2. The van der Waals surface area contributed by atoms with E-state index in [1.54, 1.807) is 54.6 Å². The molecule has 136 valence electrons. The SMILES string of the molecule is O=C(NCc1cccc(Cl)c1)/C(=C/c1ccco1)NC(=O)c1ccccc1. The number of amides is 2. The molecule has 0 aliphatic carbocycles. The number of halogens is 1. The van der Waals surface area contributed by atoms with Gasteiger partial charge in [0.1, 0.15) is 11.5 Å². The molecule has 0 aliphatic rings. The Bertz CT molecular complexity index is 951. The number of carbonyl (C=O) groups is 2. The molecule has 0 fully saturated rings. The Kier molecular flexibility index (Phi) is 6.07. The summed E-state index contributed by atoms with van der Waals surface area (Å²) in [7, 11) is 0. The fourth-order valence-corrected chi connectivity index (χ4v) is 2.60. The highest BCUT2D eigenvalue weighted by molar-refractivity contribution is 6.30. The van der Waals surface area contributed by atoms with Gasteiger partial charge in [0.2, 0.25) is 0 Å². The number of hydrogen-bond acceptors (Lipinski definition) is 3. The maximum atomic E-state index is 12.6. The molecule has 2 N–H and O–H groups in total. The summed E-state index contributed by atoms with van der Waals surface area (Å²) < 4.78 is 5.25. The van der Waals surface area contributed by atoms with Crippen LogP contribution >= 0.6 is 11.6 Å². The molecule has 0 unspecified atom stereocenters. The number of furan rings is 1. The molecule has 0 bridgehead atoms. The second kappa shape index (κ2) is 8.87. The van der Waals surface area contributed by atoms with Crippen molar-refractivity contribution in [3.8, 4) is 0 Å². The highest BCUT2D eigenvalue weighted by atomic mass is 35.5. The summed E-state index contributed by atoms with van der Waals surface area (Å²) >= 11 is 5.96. The molecule has 1 heterocycles. The number of rotatable bonds is 6. The van der Waals surface area contributed by atoms with Crippen LogP contribution in [0.1, 0.15) is 21.7 Å². The number of benzene rings is 2. The molecule has 3 aromatic rings. The molecule has 2 amide bonds. The fraction of sp³-hybridized carbons (Fsp3) is 0.0476. The first kappa shape index (κ1) is 18.5. The van der Waals surface area contributed by atoms with Gasteiger partial charge in [-0.15, -0.1) is 0 Å². The van der Waals surface area contributed by atoms with Gasteiger partial charge in [0, 0.05) is 23.2 Å². The zero-order valence-electron chi connectivity index (χ0n) is 14.3. The van der Waals surface area contributed by atoms with E-state index in [-0.39, 0.29) is 18.1 Å². The minimum Gasteiger partial charge on any atom is -0.465 e. The van der Waals surface area contributed by atoms with Crippen LogP contribution in [-0.2, 0) is 11.3 Å². The minimum atomic E-state index is -0.435. The maximum Gasteiger partial charge on any atom is 0.268 e. The van der Waals surface area contributed by atoms with E-state index in [4.69, 9.17) is 16.0 Å². The van der Waals surface area contributed by atoms with Gasteiger partial charge < -0.3 is 15.1 Å². The van der Waals surface area contributed by atoms with Crippen molar-refractivity contribution in [1.82, 2.24) is 10.6 Å². The monoisotopic (exact) mass is 380 g/mol. The van der Waals surface area contributed by atoms with Crippen LogP contribution in [0.15, 0.2) is 83.1 Å². The van der Waals surface area contributed by atoms with Gasteiger partial charge in [-0.1, -0.05) is 41.9 Å². The average Bonchev–Trinajstić information content (AvgIpc) is 3.19. The normalized spacial score (nSPS) is 11.1. The lowest BCUT2D eigenvalue weighted by molar-refractivity contribution is -0.117. The standard InChI is InChI=1S/C21H17ClN2O3/c22-17-9-4-6-15(12-17)14-23-21(26)19(13-18-10-5-11-27-18)24-20(25)16-7-2-1-3-8-16/h1-13H,14H2,(H,23,26)(H,24,25)/b19-13-. The Morgan fingerprint density at radius 2 is 1.81 bits per heavy atom. The highest BCUT2D eigenvalue weighted by Crippen LogP contribution is 2.11. The van der Waals surface area contributed by atoms with Crippen molar-refractivity contribution >= 4 is 29.5 Å². The molecule has 0 atom stereocenters. The van der Waals surface area contributed by atoms with Crippen molar-refractivity contribution in [2.75, 3.05) is 0 Å². The minimum absolute atomic E-state index is 0.0841. The lowest BCUT2D eigenvalue weighted by Gasteiger charge is -2.11. The molecule has 0 saturated heterocycles. The van der Waals surface area contributed by atoms with Gasteiger partial charge >= 0.3 is 0 Å². The second-order valence-electron chi connectivity index (χ2n) is 5.71. The van der Waals surface area contributed by atoms with Gasteiger partial charge in [-0.05, 0) is 42.0 Å². The van der Waals surface area contributed by atoms with Crippen molar-refractivity contribution in [2.45, 2.75) is 6.54 Å². The lowest BCUT2D eigenvalue weighted by atomic mass is 10.2. The first-order valence-corrected chi connectivity index (χ1v) is 8.64. The smallest absolute Gasteiger partial charge is 0.268 e. The van der Waals surface area contributed by atoms with Gasteiger partial charge in [-0.25, -0.2) is 0 Å². The van der Waals surface area contributed by atoms with Crippen molar-refractivity contribution < 1.29 is 14.0 Å². The van der Waals surface area contributed by atoms with E-state index in [1.807, 2.05) is 12.1 Å². The Morgan fingerprint density at radius 3 is 2.52 bits per heavy atom.